The molecule has 0 saturated carbocycles. The second kappa shape index (κ2) is 3.98. The van der Waals surface area contributed by atoms with E-state index < -0.39 is 0 Å². The van der Waals surface area contributed by atoms with E-state index in [2.05, 4.69) is 51.1 Å². The van der Waals surface area contributed by atoms with Gasteiger partial charge in [0.15, 0.2) is 0 Å². The summed E-state index contributed by atoms with van der Waals surface area (Å²) in [7, 11) is 0.715. The van der Waals surface area contributed by atoms with Gasteiger partial charge in [-0.3, -0.25) is 0 Å². The third kappa shape index (κ3) is 2.41. The molecular formula is C13H17OP. The van der Waals surface area contributed by atoms with E-state index in [1.807, 2.05) is 6.26 Å². The lowest BCUT2D eigenvalue weighted by Gasteiger charge is -2.18. The lowest BCUT2D eigenvalue weighted by Crippen LogP contribution is -2.18. The molecule has 0 radical (unpaired) electrons. The van der Waals surface area contributed by atoms with E-state index in [9.17, 15) is 0 Å². The van der Waals surface area contributed by atoms with Crippen molar-refractivity contribution in [3.63, 3.8) is 0 Å². The fourth-order valence-electron chi connectivity index (χ4n) is 1.69. The molecule has 1 aromatic heterocycles. The minimum atomic E-state index is 0.182. The van der Waals surface area contributed by atoms with Crippen LogP contribution in [0.25, 0.3) is 0 Å². The molecule has 1 aliphatic carbocycles. The molecular weight excluding hydrogens is 203 g/mol. The predicted octanol–water partition coefficient (Wildman–Crippen LogP) is 3.38. The van der Waals surface area contributed by atoms with Crippen molar-refractivity contribution in [3.8, 4) is 0 Å². The number of hydrogen-bond acceptors (Lipinski definition) is 1. The van der Waals surface area contributed by atoms with Crippen LogP contribution < -0.4 is 5.50 Å². The van der Waals surface area contributed by atoms with Crippen LogP contribution in [0.3, 0.4) is 0 Å². The Hall–Kier alpha value is -0.810. The molecule has 2 rings (SSSR count). The van der Waals surface area contributed by atoms with Crippen LogP contribution in [0.1, 0.15) is 26.3 Å². The van der Waals surface area contributed by atoms with Crippen LogP contribution in [0.2, 0.25) is 0 Å². The number of furan rings is 1. The zero-order chi connectivity index (χ0) is 10.9. The number of rotatable bonds is 2. The SMILES string of the molecule is CC(C)(C)c1ccoc1PC1C=CC=C1. The van der Waals surface area contributed by atoms with Crippen molar-refractivity contribution in [1.82, 2.24) is 0 Å². The van der Waals surface area contributed by atoms with Crippen LogP contribution in [0.4, 0.5) is 0 Å². The molecule has 0 aliphatic heterocycles. The molecule has 2 heteroatoms. The van der Waals surface area contributed by atoms with Gasteiger partial charge in [-0.25, -0.2) is 0 Å². The van der Waals surface area contributed by atoms with E-state index in [-0.39, 0.29) is 5.41 Å². The Morgan fingerprint density at radius 1 is 1.20 bits per heavy atom. The normalized spacial score (nSPS) is 17.3. The van der Waals surface area contributed by atoms with Crippen molar-refractivity contribution >= 4 is 14.1 Å². The van der Waals surface area contributed by atoms with Crippen LogP contribution in [0.5, 0.6) is 0 Å². The maximum Gasteiger partial charge on any atom is 0.126 e. The first kappa shape index (κ1) is 10.7. The number of hydrogen-bond donors (Lipinski definition) is 0. The quantitative estimate of drug-likeness (QED) is 0.696. The Bertz CT molecular complexity index is 381. The molecule has 1 aromatic rings. The van der Waals surface area contributed by atoms with Gasteiger partial charge in [0.2, 0.25) is 0 Å². The molecule has 80 valence electrons. The molecule has 0 amide bonds. The first-order valence-electron chi connectivity index (χ1n) is 5.27. The van der Waals surface area contributed by atoms with E-state index in [0.29, 0.717) is 14.2 Å². The van der Waals surface area contributed by atoms with E-state index in [4.69, 9.17) is 4.42 Å². The standard InChI is InChI=1S/C13H17OP/c1-13(2,3)11-8-9-14-12(11)15-10-6-4-5-7-10/h4-10,15H,1-3H3. The van der Waals surface area contributed by atoms with Crippen molar-refractivity contribution in [2.24, 2.45) is 0 Å². The molecule has 15 heavy (non-hydrogen) atoms. The van der Waals surface area contributed by atoms with Crippen molar-refractivity contribution in [1.29, 1.82) is 0 Å². The summed E-state index contributed by atoms with van der Waals surface area (Å²) >= 11 is 0. The van der Waals surface area contributed by atoms with Crippen molar-refractivity contribution in [2.45, 2.75) is 31.8 Å². The van der Waals surface area contributed by atoms with Gasteiger partial charge < -0.3 is 4.42 Å². The zero-order valence-electron chi connectivity index (χ0n) is 9.45. The molecule has 0 aromatic carbocycles. The first-order chi connectivity index (χ1) is 7.07. The van der Waals surface area contributed by atoms with E-state index >= 15 is 0 Å². The van der Waals surface area contributed by atoms with Crippen molar-refractivity contribution in [3.05, 3.63) is 42.2 Å². The average molecular weight is 220 g/mol. The van der Waals surface area contributed by atoms with Gasteiger partial charge in [-0.2, -0.15) is 0 Å². The predicted molar refractivity (Wildman–Crippen MR) is 67.4 cm³/mol. The molecule has 0 saturated heterocycles. The van der Waals surface area contributed by atoms with Crippen LogP contribution in [0, 0.1) is 0 Å². The Kier molecular flexibility index (Phi) is 2.84. The molecule has 0 spiro atoms. The molecule has 1 nitrogen and oxygen atoms in total. The topological polar surface area (TPSA) is 13.1 Å². The van der Waals surface area contributed by atoms with Crippen LogP contribution in [-0.2, 0) is 5.41 Å². The van der Waals surface area contributed by atoms with Gasteiger partial charge in [-0.15, -0.1) is 0 Å². The second-order valence-electron chi connectivity index (χ2n) is 4.85. The maximum atomic E-state index is 5.60. The monoisotopic (exact) mass is 220 g/mol. The van der Waals surface area contributed by atoms with Crippen LogP contribution in [-0.4, -0.2) is 5.66 Å². The first-order valence-corrected chi connectivity index (χ1v) is 6.34. The highest BCUT2D eigenvalue weighted by molar-refractivity contribution is 7.48. The largest absolute Gasteiger partial charge is 0.465 e. The van der Waals surface area contributed by atoms with Crippen LogP contribution >= 0.6 is 8.58 Å². The fourth-order valence-corrected chi connectivity index (χ4v) is 3.16. The highest BCUT2D eigenvalue weighted by atomic mass is 31.1. The molecule has 0 fully saturated rings. The Morgan fingerprint density at radius 3 is 2.47 bits per heavy atom. The molecule has 1 heterocycles. The lowest BCUT2D eigenvalue weighted by molar-refractivity contribution is 0.567. The fraction of sp³-hybridized carbons (Fsp3) is 0.385. The molecule has 1 aliphatic rings. The lowest BCUT2D eigenvalue weighted by atomic mass is 9.89. The molecule has 0 bridgehead atoms. The van der Waals surface area contributed by atoms with Gasteiger partial charge in [-0.1, -0.05) is 45.1 Å². The zero-order valence-corrected chi connectivity index (χ0v) is 10.4. The van der Waals surface area contributed by atoms with E-state index in [1.165, 1.54) is 5.56 Å². The summed E-state index contributed by atoms with van der Waals surface area (Å²) < 4.78 is 5.60. The summed E-state index contributed by atoms with van der Waals surface area (Å²) in [6.45, 7) is 6.68. The number of allylic oxidation sites excluding steroid dienone is 4. The van der Waals surface area contributed by atoms with Gasteiger partial charge in [0.05, 0.1) is 6.26 Å². The third-order valence-electron chi connectivity index (χ3n) is 2.52. The summed E-state index contributed by atoms with van der Waals surface area (Å²) in [5, 5.41) is 0. The average Bonchev–Trinajstić information content (AvgIpc) is 2.73. The summed E-state index contributed by atoms with van der Waals surface area (Å²) in [6, 6.07) is 2.10. The van der Waals surface area contributed by atoms with E-state index in [1.54, 1.807) is 0 Å². The van der Waals surface area contributed by atoms with Gasteiger partial charge in [0.1, 0.15) is 5.50 Å². The third-order valence-corrected chi connectivity index (χ3v) is 3.89. The summed E-state index contributed by atoms with van der Waals surface area (Å²) in [5.74, 6) is 0. The second-order valence-corrected chi connectivity index (χ2v) is 6.26. The minimum Gasteiger partial charge on any atom is -0.465 e. The summed E-state index contributed by atoms with van der Waals surface area (Å²) in [4.78, 5) is 0. The summed E-state index contributed by atoms with van der Waals surface area (Å²) in [5.41, 5.74) is 3.22. The maximum absolute atomic E-state index is 5.60. The molecule has 1 atom stereocenters. The van der Waals surface area contributed by atoms with E-state index in [0.717, 1.165) is 5.50 Å². The Morgan fingerprint density at radius 2 is 1.87 bits per heavy atom. The minimum absolute atomic E-state index is 0.182. The van der Waals surface area contributed by atoms with Gasteiger partial charge >= 0.3 is 0 Å². The smallest absolute Gasteiger partial charge is 0.126 e. The van der Waals surface area contributed by atoms with Gasteiger partial charge in [0, 0.05) is 11.2 Å². The molecule has 0 N–H and O–H groups in total. The van der Waals surface area contributed by atoms with Gasteiger partial charge in [0.25, 0.3) is 0 Å². The van der Waals surface area contributed by atoms with Crippen LogP contribution in [0.15, 0.2) is 41.1 Å². The highest BCUT2D eigenvalue weighted by Gasteiger charge is 2.21. The Balaban J connectivity index is 2.18. The highest BCUT2D eigenvalue weighted by Crippen LogP contribution is 2.30. The Labute approximate surface area is 93.0 Å². The van der Waals surface area contributed by atoms with Crippen molar-refractivity contribution < 1.29 is 4.42 Å². The molecule has 1 unspecified atom stereocenters. The summed E-state index contributed by atoms with van der Waals surface area (Å²) in [6.07, 6.45) is 10.5. The van der Waals surface area contributed by atoms with Gasteiger partial charge in [-0.05, 0) is 20.1 Å². The van der Waals surface area contributed by atoms with Crippen molar-refractivity contribution in [2.75, 3.05) is 0 Å².